The van der Waals surface area contributed by atoms with E-state index in [1.54, 1.807) is 24.3 Å². The van der Waals surface area contributed by atoms with Crippen molar-refractivity contribution in [1.29, 1.82) is 0 Å². The molecular weight excluding hydrogens is 376 g/mol. The van der Waals surface area contributed by atoms with Crippen molar-refractivity contribution in [2.24, 2.45) is 0 Å². The Hall–Kier alpha value is -3.36. The minimum atomic E-state index is -1.33. The highest BCUT2D eigenvalue weighted by Crippen LogP contribution is 2.40. The van der Waals surface area contributed by atoms with Crippen molar-refractivity contribution in [3.63, 3.8) is 0 Å². The molecule has 2 aromatic carbocycles. The van der Waals surface area contributed by atoms with Gasteiger partial charge in [-0.05, 0) is 17.2 Å². The molecule has 8 heteroatoms. The smallest absolute Gasteiger partial charge is 0.408 e. The monoisotopic (exact) mass is 398 g/mol. The van der Waals surface area contributed by atoms with Crippen LogP contribution in [0.1, 0.15) is 28.8 Å². The second-order valence-electron chi connectivity index (χ2n) is 6.48. The quantitative estimate of drug-likeness (QED) is 0.463. The van der Waals surface area contributed by atoms with E-state index in [4.69, 9.17) is 9.57 Å². The Morgan fingerprint density at radius 3 is 2.59 bits per heavy atom. The molecule has 3 N–H and O–H groups in total. The summed E-state index contributed by atoms with van der Waals surface area (Å²) in [5.74, 6) is -0.794. The summed E-state index contributed by atoms with van der Waals surface area (Å²) in [5, 5.41) is 19.2. The third-order valence-corrected chi connectivity index (χ3v) is 4.58. The maximum absolute atomic E-state index is 11.8. The largest absolute Gasteiger partial charge is 0.489 e. The standard InChI is InChI=1S/C21H22N2O6/c1-2-11-28-17-10-6-9-15-18(17)16(12-23(21(26)27)19(15)20(24)25)22-29-13-14-7-4-3-5-8-14/h2-10,16,19,22H,1,11-13H2,(H,24,25)(H,26,27). The van der Waals surface area contributed by atoms with Gasteiger partial charge in [0.1, 0.15) is 12.4 Å². The molecule has 0 aliphatic carbocycles. The molecule has 1 heterocycles. The number of hydroxylamine groups is 1. The summed E-state index contributed by atoms with van der Waals surface area (Å²) in [6, 6.07) is 12.5. The highest BCUT2D eigenvalue weighted by molar-refractivity contribution is 5.82. The van der Waals surface area contributed by atoms with Crippen molar-refractivity contribution < 1.29 is 29.4 Å². The van der Waals surface area contributed by atoms with Crippen LogP contribution in [0.25, 0.3) is 0 Å². The summed E-state index contributed by atoms with van der Waals surface area (Å²) in [6.07, 6.45) is 0.254. The van der Waals surface area contributed by atoms with Crippen LogP contribution < -0.4 is 10.2 Å². The van der Waals surface area contributed by atoms with Crippen molar-refractivity contribution in [1.82, 2.24) is 10.4 Å². The lowest BCUT2D eigenvalue weighted by Gasteiger charge is -2.38. The molecule has 0 spiro atoms. The first-order valence-corrected chi connectivity index (χ1v) is 9.03. The predicted molar refractivity (Wildman–Crippen MR) is 104 cm³/mol. The molecule has 152 valence electrons. The van der Waals surface area contributed by atoms with Gasteiger partial charge in [0.15, 0.2) is 6.04 Å². The molecule has 8 nitrogen and oxygen atoms in total. The average Bonchev–Trinajstić information content (AvgIpc) is 2.72. The second kappa shape index (κ2) is 9.22. The molecule has 0 saturated heterocycles. The number of carboxylic acid groups (broad SMARTS) is 2. The molecule has 1 aliphatic heterocycles. The van der Waals surface area contributed by atoms with Gasteiger partial charge in [0.25, 0.3) is 0 Å². The molecule has 1 amide bonds. The number of carboxylic acids is 1. The van der Waals surface area contributed by atoms with Gasteiger partial charge in [-0.15, -0.1) is 0 Å². The van der Waals surface area contributed by atoms with Crippen molar-refractivity contribution in [3.8, 4) is 5.75 Å². The van der Waals surface area contributed by atoms with Gasteiger partial charge < -0.3 is 14.9 Å². The van der Waals surface area contributed by atoms with Gasteiger partial charge in [0.2, 0.25) is 0 Å². The van der Waals surface area contributed by atoms with Crippen molar-refractivity contribution in [3.05, 3.63) is 77.9 Å². The number of nitrogens with zero attached hydrogens (tertiary/aromatic N) is 1. The average molecular weight is 398 g/mol. The van der Waals surface area contributed by atoms with Gasteiger partial charge in [0, 0.05) is 12.1 Å². The molecule has 0 fully saturated rings. The number of fused-ring (bicyclic) bond motifs is 1. The number of hydrogen-bond donors (Lipinski definition) is 3. The van der Waals surface area contributed by atoms with Crippen LogP contribution in [-0.2, 0) is 16.2 Å². The number of aliphatic carboxylic acids is 1. The van der Waals surface area contributed by atoms with Gasteiger partial charge in [-0.3, -0.25) is 9.74 Å². The lowest BCUT2D eigenvalue weighted by atomic mass is 9.89. The molecule has 1 aliphatic rings. The maximum atomic E-state index is 11.8. The highest BCUT2D eigenvalue weighted by atomic mass is 16.6. The van der Waals surface area contributed by atoms with E-state index in [2.05, 4.69) is 12.1 Å². The first-order valence-electron chi connectivity index (χ1n) is 9.03. The predicted octanol–water partition coefficient (Wildman–Crippen LogP) is 3.13. The van der Waals surface area contributed by atoms with E-state index in [0.717, 1.165) is 10.5 Å². The summed E-state index contributed by atoms with van der Waals surface area (Å²) in [4.78, 5) is 30.1. The third kappa shape index (κ3) is 4.56. The molecule has 2 atom stereocenters. The molecule has 2 aromatic rings. The Labute approximate surface area is 167 Å². The van der Waals surface area contributed by atoms with E-state index in [0.29, 0.717) is 16.9 Å². The number of benzene rings is 2. The van der Waals surface area contributed by atoms with Crippen LogP contribution in [0.2, 0.25) is 0 Å². The Balaban J connectivity index is 1.92. The third-order valence-electron chi connectivity index (χ3n) is 4.58. The van der Waals surface area contributed by atoms with E-state index in [9.17, 15) is 19.8 Å². The zero-order chi connectivity index (χ0) is 20.8. The molecule has 0 aromatic heterocycles. The van der Waals surface area contributed by atoms with Gasteiger partial charge in [-0.1, -0.05) is 55.1 Å². The van der Waals surface area contributed by atoms with Crippen LogP contribution in [0, 0.1) is 0 Å². The number of ether oxygens (including phenoxy) is 1. The SMILES string of the molecule is C=CCOc1cccc2c1C(NOCc1ccccc1)CN(C(=O)O)C2C(=O)O. The molecular formula is C21H22N2O6. The first kappa shape index (κ1) is 20.4. The fraction of sp³-hybridized carbons (Fsp3) is 0.238. The Morgan fingerprint density at radius 1 is 1.17 bits per heavy atom. The summed E-state index contributed by atoms with van der Waals surface area (Å²) in [5.41, 5.74) is 4.72. The van der Waals surface area contributed by atoms with Crippen LogP contribution in [-0.4, -0.2) is 40.3 Å². The topological polar surface area (TPSA) is 108 Å². The second-order valence-corrected chi connectivity index (χ2v) is 6.48. The Morgan fingerprint density at radius 2 is 1.93 bits per heavy atom. The van der Waals surface area contributed by atoms with Crippen LogP contribution >= 0.6 is 0 Å². The van der Waals surface area contributed by atoms with Crippen LogP contribution in [0.15, 0.2) is 61.2 Å². The lowest BCUT2D eigenvalue weighted by molar-refractivity contribution is -0.143. The summed E-state index contributed by atoms with van der Waals surface area (Å²) in [6.45, 7) is 4.01. The zero-order valence-corrected chi connectivity index (χ0v) is 15.7. The van der Waals surface area contributed by atoms with E-state index < -0.39 is 24.1 Å². The lowest BCUT2D eigenvalue weighted by Crippen LogP contribution is -2.47. The van der Waals surface area contributed by atoms with Gasteiger partial charge in [-0.25, -0.2) is 9.59 Å². The molecule has 0 radical (unpaired) electrons. The van der Waals surface area contributed by atoms with Gasteiger partial charge >= 0.3 is 12.1 Å². The minimum absolute atomic E-state index is 0.109. The Bertz CT molecular complexity index is 886. The fourth-order valence-corrected chi connectivity index (χ4v) is 3.36. The minimum Gasteiger partial charge on any atom is -0.489 e. The molecule has 29 heavy (non-hydrogen) atoms. The van der Waals surface area contributed by atoms with E-state index in [1.807, 2.05) is 30.3 Å². The van der Waals surface area contributed by atoms with Crippen molar-refractivity contribution in [2.45, 2.75) is 18.7 Å². The highest BCUT2D eigenvalue weighted by Gasteiger charge is 2.41. The number of amides is 1. The van der Waals surface area contributed by atoms with Crippen LogP contribution in [0.3, 0.4) is 0 Å². The van der Waals surface area contributed by atoms with Gasteiger partial charge in [-0.2, -0.15) is 5.48 Å². The van der Waals surface area contributed by atoms with Crippen LogP contribution in [0.4, 0.5) is 4.79 Å². The summed E-state index contributed by atoms with van der Waals surface area (Å²) in [7, 11) is 0. The molecule has 0 bridgehead atoms. The van der Waals surface area contributed by atoms with E-state index in [-0.39, 0.29) is 19.8 Å². The van der Waals surface area contributed by atoms with Crippen LogP contribution in [0.5, 0.6) is 5.75 Å². The first-order chi connectivity index (χ1) is 14.0. The number of hydrogen-bond acceptors (Lipinski definition) is 5. The number of carbonyl (C=O) groups is 2. The van der Waals surface area contributed by atoms with Crippen molar-refractivity contribution >= 4 is 12.1 Å². The Kier molecular flexibility index (Phi) is 6.48. The fourth-order valence-electron chi connectivity index (χ4n) is 3.36. The number of nitrogens with one attached hydrogen (secondary N) is 1. The van der Waals surface area contributed by atoms with E-state index >= 15 is 0 Å². The molecule has 2 unspecified atom stereocenters. The normalized spacial score (nSPS) is 18.0. The molecule has 3 rings (SSSR count). The summed E-state index contributed by atoms with van der Waals surface area (Å²) < 4.78 is 5.70. The number of rotatable bonds is 8. The van der Waals surface area contributed by atoms with Crippen molar-refractivity contribution in [2.75, 3.05) is 13.2 Å². The van der Waals surface area contributed by atoms with Gasteiger partial charge in [0.05, 0.1) is 12.6 Å². The molecule has 0 saturated carbocycles. The maximum Gasteiger partial charge on any atom is 0.408 e. The van der Waals surface area contributed by atoms with E-state index in [1.165, 1.54) is 0 Å². The zero-order valence-electron chi connectivity index (χ0n) is 15.7. The summed E-state index contributed by atoms with van der Waals surface area (Å²) >= 11 is 0.